The molecule has 0 radical (unpaired) electrons. The molecule has 86 valence electrons. The number of hydrogen-bond acceptors (Lipinski definition) is 3. The van der Waals surface area contributed by atoms with E-state index in [2.05, 4.69) is 22.0 Å². The predicted molar refractivity (Wildman–Crippen MR) is 72.9 cm³/mol. The first-order valence-corrected chi connectivity index (χ1v) is 6.77. The Morgan fingerprint density at radius 1 is 1.35 bits per heavy atom. The minimum absolute atomic E-state index is 0.0257. The molecule has 1 aliphatic carbocycles. The summed E-state index contributed by atoms with van der Waals surface area (Å²) in [5.74, 6) is 0.0257. The fourth-order valence-corrected chi connectivity index (χ4v) is 3.48. The molecule has 1 heterocycles. The van der Waals surface area contributed by atoms with Gasteiger partial charge in [-0.05, 0) is 36.7 Å². The lowest BCUT2D eigenvalue weighted by Crippen LogP contribution is -1.98. The van der Waals surface area contributed by atoms with Gasteiger partial charge in [-0.15, -0.1) is 11.3 Å². The molecule has 0 spiro atoms. The molecular formula is C13H10BrNOS. The normalized spacial score (nSPS) is 16.9. The number of allylic oxidation sites excluding steroid dienone is 4. The van der Waals surface area contributed by atoms with Gasteiger partial charge in [0.05, 0.1) is 15.4 Å². The van der Waals surface area contributed by atoms with Crippen LogP contribution in [0.15, 0.2) is 25.9 Å². The number of Topliss-reactive ketones (excluding diaryl/α,β-unsaturated/α-hetero) is 1. The lowest BCUT2D eigenvalue weighted by Gasteiger charge is -2.04. The third-order valence-corrected chi connectivity index (χ3v) is 4.48. The Morgan fingerprint density at radius 3 is 2.53 bits per heavy atom. The number of carbonyl (C=O) groups is 1. The van der Waals surface area contributed by atoms with Gasteiger partial charge in [0.25, 0.3) is 0 Å². The van der Waals surface area contributed by atoms with E-state index in [1.54, 1.807) is 6.92 Å². The number of ketones is 1. The minimum Gasteiger partial charge on any atom is -0.288 e. The van der Waals surface area contributed by atoms with E-state index in [1.807, 2.05) is 19.2 Å². The Hall–Kier alpha value is -1.18. The molecule has 0 aliphatic heterocycles. The molecule has 0 saturated heterocycles. The Kier molecular flexibility index (Phi) is 3.07. The highest BCUT2D eigenvalue weighted by Crippen LogP contribution is 2.46. The second-order valence-electron chi connectivity index (χ2n) is 4.11. The van der Waals surface area contributed by atoms with E-state index >= 15 is 0 Å². The molecule has 1 aromatic heterocycles. The minimum atomic E-state index is 0.0257. The average molecular weight is 308 g/mol. The summed E-state index contributed by atoms with van der Waals surface area (Å²) in [4.78, 5) is 12.3. The molecular weight excluding hydrogens is 298 g/mol. The molecule has 2 rings (SSSR count). The smallest absolute Gasteiger partial charge is 0.196 e. The van der Waals surface area contributed by atoms with Gasteiger partial charge in [-0.25, -0.2) is 0 Å². The van der Waals surface area contributed by atoms with E-state index in [4.69, 9.17) is 5.26 Å². The van der Waals surface area contributed by atoms with Crippen LogP contribution in [0.25, 0.3) is 5.57 Å². The van der Waals surface area contributed by atoms with Gasteiger partial charge in [-0.1, -0.05) is 5.57 Å². The van der Waals surface area contributed by atoms with Crippen molar-refractivity contribution in [2.24, 2.45) is 0 Å². The largest absolute Gasteiger partial charge is 0.288 e. The number of rotatable bonds is 0. The highest BCUT2D eigenvalue weighted by atomic mass is 79.9. The number of halogens is 1. The van der Waals surface area contributed by atoms with Gasteiger partial charge in [-0.2, -0.15) is 5.26 Å². The van der Waals surface area contributed by atoms with Crippen LogP contribution < -0.4 is 0 Å². The van der Waals surface area contributed by atoms with Gasteiger partial charge < -0.3 is 0 Å². The fraction of sp³-hybridized carbons (Fsp3) is 0.231. The lowest BCUT2D eigenvalue weighted by molar-refractivity contribution is 0.104. The van der Waals surface area contributed by atoms with Crippen molar-refractivity contribution in [1.29, 1.82) is 5.26 Å². The molecule has 0 atom stereocenters. The van der Waals surface area contributed by atoms with Crippen molar-refractivity contribution in [3.05, 3.63) is 37.0 Å². The van der Waals surface area contributed by atoms with E-state index in [0.717, 1.165) is 20.5 Å². The standard InChI is InChI=1S/C13H10BrNOS/c1-6(2)9-10(7(3)4-15)8-5-17-13(14)11(8)12(9)16/h5H,1-3H3. The number of nitriles is 1. The molecule has 0 amide bonds. The maximum absolute atomic E-state index is 12.3. The molecule has 0 saturated carbocycles. The molecule has 0 bridgehead atoms. The summed E-state index contributed by atoms with van der Waals surface area (Å²) < 4.78 is 0.844. The molecule has 0 aromatic carbocycles. The molecule has 2 nitrogen and oxygen atoms in total. The second kappa shape index (κ2) is 4.25. The highest BCUT2D eigenvalue weighted by molar-refractivity contribution is 9.11. The number of carbonyl (C=O) groups excluding carboxylic acids is 1. The first kappa shape index (κ1) is 12.3. The monoisotopic (exact) mass is 307 g/mol. The first-order valence-electron chi connectivity index (χ1n) is 5.10. The number of nitrogens with zero attached hydrogens (tertiary/aromatic N) is 1. The maximum Gasteiger partial charge on any atom is 0.196 e. The Morgan fingerprint density at radius 2 is 2.00 bits per heavy atom. The highest BCUT2D eigenvalue weighted by Gasteiger charge is 2.35. The first-order chi connectivity index (χ1) is 7.99. The van der Waals surface area contributed by atoms with E-state index in [1.165, 1.54) is 11.3 Å². The molecule has 1 aromatic rings. The van der Waals surface area contributed by atoms with Crippen LogP contribution in [0.2, 0.25) is 0 Å². The van der Waals surface area contributed by atoms with Crippen LogP contribution in [0, 0.1) is 11.3 Å². The summed E-state index contributed by atoms with van der Waals surface area (Å²) in [5, 5.41) is 11.0. The Bertz CT molecular complexity index is 624. The van der Waals surface area contributed by atoms with Crippen molar-refractivity contribution >= 4 is 38.6 Å². The van der Waals surface area contributed by atoms with Crippen LogP contribution in [-0.2, 0) is 0 Å². The van der Waals surface area contributed by atoms with Gasteiger partial charge in [0, 0.05) is 27.7 Å². The lowest BCUT2D eigenvalue weighted by atomic mass is 9.98. The molecule has 0 N–H and O–H groups in total. The number of fused-ring (bicyclic) bond motifs is 1. The maximum atomic E-state index is 12.3. The van der Waals surface area contributed by atoms with Crippen LogP contribution in [-0.4, -0.2) is 5.78 Å². The molecule has 4 heteroatoms. The zero-order valence-corrected chi connectivity index (χ0v) is 12.1. The SMILES string of the molecule is CC(C)=C1C(=O)c2c(csc2Br)C1=C(C)C#N. The van der Waals surface area contributed by atoms with E-state index in [9.17, 15) is 4.79 Å². The summed E-state index contributed by atoms with van der Waals surface area (Å²) >= 11 is 4.89. The Balaban J connectivity index is 2.87. The summed E-state index contributed by atoms with van der Waals surface area (Å²) in [7, 11) is 0. The molecule has 0 unspecified atom stereocenters. The zero-order valence-electron chi connectivity index (χ0n) is 9.72. The summed E-state index contributed by atoms with van der Waals surface area (Å²) in [6.07, 6.45) is 0. The van der Waals surface area contributed by atoms with Crippen molar-refractivity contribution < 1.29 is 4.79 Å². The van der Waals surface area contributed by atoms with Crippen molar-refractivity contribution in [3.8, 4) is 6.07 Å². The summed E-state index contributed by atoms with van der Waals surface area (Å²) in [6, 6.07) is 2.14. The Labute approximate surface area is 112 Å². The second-order valence-corrected chi connectivity index (χ2v) is 6.31. The van der Waals surface area contributed by atoms with E-state index in [-0.39, 0.29) is 5.78 Å². The van der Waals surface area contributed by atoms with Crippen molar-refractivity contribution in [2.45, 2.75) is 20.8 Å². The fourth-order valence-electron chi connectivity index (χ4n) is 2.03. The number of thiophene rings is 1. The van der Waals surface area contributed by atoms with Crippen LogP contribution >= 0.6 is 27.3 Å². The molecule has 0 fully saturated rings. The van der Waals surface area contributed by atoms with Crippen LogP contribution in [0.1, 0.15) is 36.7 Å². The van der Waals surface area contributed by atoms with E-state index in [0.29, 0.717) is 16.7 Å². The molecule has 1 aliphatic rings. The predicted octanol–water partition coefficient (Wildman–Crippen LogP) is 4.34. The number of hydrogen-bond donors (Lipinski definition) is 0. The topological polar surface area (TPSA) is 40.9 Å². The summed E-state index contributed by atoms with van der Waals surface area (Å²) in [5.41, 5.74) is 4.63. The van der Waals surface area contributed by atoms with Gasteiger partial charge in [0.2, 0.25) is 0 Å². The van der Waals surface area contributed by atoms with Crippen LogP contribution in [0.4, 0.5) is 0 Å². The van der Waals surface area contributed by atoms with Gasteiger partial charge in [0.1, 0.15) is 0 Å². The van der Waals surface area contributed by atoms with Gasteiger partial charge >= 0.3 is 0 Å². The third-order valence-electron chi connectivity index (χ3n) is 2.76. The van der Waals surface area contributed by atoms with Gasteiger partial charge in [0.15, 0.2) is 5.78 Å². The third kappa shape index (κ3) is 1.70. The summed E-state index contributed by atoms with van der Waals surface area (Å²) in [6.45, 7) is 5.56. The van der Waals surface area contributed by atoms with Crippen molar-refractivity contribution in [3.63, 3.8) is 0 Å². The zero-order chi connectivity index (χ0) is 12.7. The van der Waals surface area contributed by atoms with Crippen LogP contribution in [0.3, 0.4) is 0 Å². The molecule has 17 heavy (non-hydrogen) atoms. The quantitative estimate of drug-likeness (QED) is 0.528. The van der Waals surface area contributed by atoms with Crippen molar-refractivity contribution in [2.75, 3.05) is 0 Å². The van der Waals surface area contributed by atoms with Crippen molar-refractivity contribution in [1.82, 2.24) is 0 Å². The average Bonchev–Trinajstić information content (AvgIpc) is 2.78. The van der Waals surface area contributed by atoms with E-state index < -0.39 is 0 Å². The van der Waals surface area contributed by atoms with Gasteiger partial charge in [-0.3, -0.25) is 4.79 Å². The van der Waals surface area contributed by atoms with Crippen LogP contribution in [0.5, 0.6) is 0 Å².